The molecule has 2 heterocycles. The van der Waals surface area contributed by atoms with Crippen molar-refractivity contribution in [1.29, 1.82) is 0 Å². The Labute approximate surface area is 110 Å². The lowest BCUT2D eigenvalue weighted by molar-refractivity contribution is 0.0961. The van der Waals surface area contributed by atoms with Gasteiger partial charge in [0.15, 0.2) is 0 Å². The van der Waals surface area contributed by atoms with Crippen LogP contribution in [0.5, 0.6) is 0 Å². The third-order valence-corrected chi connectivity index (χ3v) is 6.44. The lowest BCUT2D eigenvalue weighted by Gasteiger charge is -2.37. The average Bonchev–Trinajstić information content (AvgIpc) is 2.41. The van der Waals surface area contributed by atoms with Gasteiger partial charge in [-0.3, -0.25) is 0 Å². The van der Waals surface area contributed by atoms with Crippen molar-refractivity contribution in [3.8, 4) is 0 Å². The molecule has 18 heavy (non-hydrogen) atoms. The molecular weight excluding hydrogens is 252 g/mol. The lowest BCUT2D eigenvalue weighted by atomic mass is 10.0. The van der Waals surface area contributed by atoms with Crippen molar-refractivity contribution in [1.82, 2.24) is 4.31 Å². The summed E-state index contributed by atoms with van der Waals surface area (Å²) in [4.78, 5) is 0. The van der Waals surface area contributed by atoms with Gasteiger partial charge >= 0.3 is 0 Å². The molecular formula is C12H24N2O3S. The van der Waals surface area contributed by atoms with E-state index in [2.05, 4.69) is 0 Å². The average molecular weight is 276 g/mol. The van der Waals surface area contributed by atoms with E-state index in [1.165, 1.54) is 0 Å². The number of hydrogen-bond donors (Lipinski definition) is 1. The normalized spacial score (nSPS) is 28.4. The number of hydrogen-bond acceptors (Lipinski definition) is 4. The maximum absolute atomic E-state index is 12.7. The first kappa shape index (κ1) is 14.2. The molecule has 0 radical (unpaired) electrons. The zero-order valence-corrected chi connectivity index (χ0v) is 11.7. The molecule has 0 amide bonds. The van der Waals surface area contributed by atoms with Crippen LogP contribution in [0.4, 0.5) is 0 Å². The summed E-state index contributed by atoms with van der Waals surface area (Å²) < 4.78 is 32.3. The van der Waals surface area contributed by atoms with Crippen LogP contribution < -0.4 is 5.73 Å². The Morgan fingerprint density at radius 1 is 1.17 bits per heavy atom. The summed E-state index contributed by atoms with van der Waals surface area (Å²) in [7, 11) is -3.16. The Morgan fingerprint density at radius 2 is 1.89 bits per heavy atom. The molecule has 0 spiro atoms. The first-order chi connectivity index (χ1) is 8.66. The van der Waals surface area contributed by atoms with Gasteiger partial charge in [-0.1, -0.05) is 6.42 Å². The Hall–Kier alpha value is -0.170. The first-order valence-electron chi connectivity index (χ1n) is 6.94. The van der Waals surface area contributed by atoms with Crippen molar-refractivity contribution in [3.05, 3.63) is 0 Å². The summed E-state index contributed by atoms with van der Waals surface area (Å²) in [6.07, 6.45) is 5.10. The highest BCUT2D eigenvalue weighted by atomic mass is 32.2. The van der Waals surface area contributed by atoms with E-state index >= 15 is 0 Å². The number of nitrogens with zero attached hydrogens (tertiary/aromatic N) is 1. The van der Waals surface area contributed by atoms with Gasteiger partial charge in [-0.05, 0) is 38.6 Å². The number of sulfonamides is 1. The van der Waals surface area contributed by atoms with Gasteiger partial charge in [-0.25, -0.2) is 8.42 Å². The zero-order chi connectivity index (χ0) is 13.0. The van der Waals surface area contributed by atoms with E-state index in [1.807, 2.05) is 0 Å². The summed E-state index contributed by atoms with van der Waals surface area (Å²) in [6.45, 7) is 2.37. The van der Waals surface area contributed by atoms with Crippen molar-refractivity contribution < 1.29 is 13.2 Å². The van der Waals surface area contributed by atoms with E-state index in [0.29, 0.717) is 39.1 Å². The molecule has 2 aliphatic heterocycles. The van der Waals surface area contributed by atoms with E-state index in [4.69, 9.17) is 10.5 Å². The number of ether oxygens (including phenoxy) is 1. The maximum Gasteiger partial charge on any atom is 0.217 e. The van der Waals surface area contributed by atoms with Gasteiger partial charge in [0.1, 0.15) is 0 Å². The standard InChI is InChI=1S/C12H24N2O3S/c13-7-4-11-3-1-2-8-14(11)18(15,16)12-5-9-17-10-6-12/h11-12H,1-10,13H2. The second kappa shape index (κ2) is 6.32. The molecule has 0 aromatic heterocycles. The number of piperidine rings is 1. The largest absolute Gasteiger partial charge is 0.381 e. The lowest BCUT2D eigenvalue weighted by Crippen LogP contribution is -2.49. The molecule has 1 atom stereocenters. The Kier molecular flexibility index (Phi) is 5.00. The highest BCUT2D eigenvalue weighted by Crippen LogP contribution is 2.28. The number of nitrogens with two attached hydrogens (primary N) is 1. The van der Waals surface area contributed by atoms with Gasteiger partial charge in [0, 0.05) is 25.8 Å². The summed E-state index contributed by atoms with van der Waals surface area (Å²) in [5, 5.41) is -0.246. The van der Waals surface area contributed by atoms with Crippen molar-refractivity contribution >= 4 is 10.0 Å². The Bertz CT molecular complexity index is 350. The topological polar surface area (TPSA) is 72.6 Å². The van der Waals surface area contributed by atoms with Crippen LogP contribution in [0.3, 0.4) is 0 Å². The Morgan fingerprint density at radius 3 is 2.56 bits per heavy atom. The molecule has 1 unspecified atom stereocenters. The fraction of sp³-hybridized carbons (Fsp3) is 1.00. The van der Waals surface area contributed by atoms with Crippen LogP contribution in [0.2, 0.25) is 0 Å². The SMILES string of the molecule is NCCC1CCCCN1S(=O)(=O)C1CCOCC1. The second-order valence-corrected chi connectivity index (χ2v) is 7.36. The highest BCUT2D eigenvalue weighted by Gasteiger charge is 2.37. The molecule has 106 valence electrons. The molecule has 6 heteroatoms. The summed E-state index contributed by atoms with van der Waals surface area (Å²) in [6, 6.07) is 0.122. The first-order valence-corrected chi connectivity index (χ1v) is 8.45. The summed E-state index contributed by atoms with van der Waals surface area (Å²) in [5.74, 6) is 0. The van der Waals surface area contributed by atoms with E-state index in [1.54, 1.807) is 4.31 Å². The third kappa shape index (κ3) is 3.04. The van der Waals surface area contributed by atoms with Gasteiger partial charge in [-0.15, -0.1) is 0 Å². The van der Waals surface area contributed by atoms with Gasteiger partial charge in [-0.2, -0.15) is 4.31 Å². The molecule has 0 aromatic carbocycles. The zero-order valence-electron chi connectivity index (χ0n) is 10.9. The van der Waals surface area contributed by atoms with Crippen LogP contribution in [0.15, 0.2) is 0 Å². The van der Waals surface area contributed by atoms with E-state index in [9.17, 15) is 8.42 Å². The molecule has 2 fully saturated rings. The smallest absolute Gasteiger partial charge is 0.217 e. The summed E-state index contributed by atoms with van der Waals surface area (Å²) >= 11 is 0. The molecule has 5 nitrogen and oxygen atoms in total. The minimum Gasteiger partial charge on any atom is -0.381 e. The molecule has 2 aliphatic rings. The van der Waals surface area contributed by atoms with E-state index < -0.39 is 10.0 Å². The van der Waals surface area contributed by atoms with Crippen LogP contribution in [0.1, 0.15) is 38.5 Å². The van der Waals surface area contributed by atoms with Crippen molar-refractivity contribution in [3.63, 3.8) is 0 Å². The third-order valence-electron chi connectivity index (χ3n) is 3.99. The molecule has 0 aromatic rings. The van der Waals surface area contributed by atoms with Crippen LogP contribution in [0.25, 0.3) is 0 Å². The van der Waals surface area contributed by atoms with Crippen LogP contribution in [0, 0.1) is 0 Å². The molecule has 0 aliphatic carbocycles. The number of rotatable bonds is 4. The minimum atomic E-state index is -3.16. The monoisotopic (exact) mass is 276 g/mol. The van der Waals surface area contributed by atoms with Gasteiger partial charge in [0.2, 0.25) is 10.0 Å². The highest BCUT2D eigenvalue weighted by molar-refractivity contribution is 7.89. The quantitative estimate of drug-likeness (QED) is 0.820. The molecule has 0 saturated carbocycles. The van der Waals surface area contributed by atoms with E-state index in [-0.39, 0.29) is 11.3 Å². The molecule has 0 bridgehead atoms. The van der Waals surface area contributed by atoms with Crippen LogP contribution in [-0.4, -0.2) is 50.3 Å². The molecule has 2 rings (SSSR count). The maximum atomic E-state index is 12.7. The summed E-state index contributed by atoms with van der Waals surface area (Å²) in [5.41, 5.74) is 5.60. The van der Waals surface area contributed by atoms with Crippen LogP contribution >= 0.6 is 0 Å². The predicted octanol–water partition coefficient (Wildman–Crippen LogP) is 0.699. The van der Waals surface area contributed by atoms with Crippen molar-refractivity contribution in [2.45, 2.75) is 49.8 Å². The van der Waals surface area contributed by atoms with Gasteiger partial charge < -0.3 is 10.5 Å². The molecule has 2 saturated heterocycles. The Balaban J connectivity index is 2.10. The van der Waals surface area contributed by atoms with Crippen LogP contribution in [-0.2, 0) is 14.8 Å². The van der Waals surface area contributed by atoms with Crippen molar-refractivity contribution in [2.75, 3.05) is 26.3 Å². The van der Waals surface area contributed by atoms with Gasteiger partial charge in [0.25, 0.3) is 0 Å². The molecule has 2 N–H and O–H groups in total. The fourth-order valence-electron chi connectivity index (χ4n) is 2.96. The fourth-order valence-corrected chi connectivity index (χ4v) is 5.14. The van der Waals surface area contributed by atoms with Crippen molar-refractivity contribution in [2.24, 2.45) is 5.73 Å². The van der Waals surface area contributed by atoms with E-state index in [0.717, 1.165) is 25.7 Å². The van der Waals surface area contributed by atoms with Gasteiger partial charge in [0.05, 0.1) is 5.25 Å². The predicted molar refractivity (Wildman–Crippen MR) is 70.8 cm³/mol. The second-order valence-electron chi connectivity index (χ2n) is 5.19. The minimum absolute atomic E-state index is 0.122.